The molecule has 4 nitrogen and oxygen atoms in total. The van der Waals surface area contributed by atoms with Crippen molar-refractivity contribution in [3.8, 4) is 10.6 Å². The van der Waals surface area contributed by atoms with E-state index in [2.05, 4.69) is 49.3 Å². The summed E-state index contributed by atoms with van der Waals surface area (Å²) in [5.74, 6) is 0.490. The fourth-order valence-corrected chi connectivity index (χ4v) is 4.96. The molecular weight excluding hydrogens is 366 g/mol. The van der Waals surface area contributed by atoms with E-state index in [-0.39, 0.29) is 11.8 Å². The van der Waals surface area contributed by atoms with Gasteiger partial charge in [-0.25, -0.2) is 4.98 Å². The van der Waals surface area contributed by atoms with E-state index < -0.39 is 0 Å². The van der Waals surface area contributed by atoms with Crippen molar-refractivity contribution >= 4 is 22.9 Å². The smallest absolute Gasteiger partial charge is 0.227 e. The van der Waals surface area contributed by atoms with E-state index in [0.717, 1.165) is 46.8 Å². The van der Waals surface area contributed by atoms with E-state index in [1.165, 1.54) is 10.4 Å². The first-order chi connectivity index (χ1) is 13.5. The fraction of sp³-hybridized carbons (Fsp3) is 0.348. The SMILES string of the molecule is Cc1cccc(C(C)C)c1NC(=O)C1CCc2nc(-c3cccnc3)sc2C1. The summed E-state index contributed by atoms with van der Waals surface area (Å²) >= 11 is 1.70. The maximum Gasteiger partial charge on any atom is 0.227 e. The Hall–Kier alpha value is -2.53. The lowest BCUT2D eigenvalue weighted by atomic mass is 9.90. The van der Waals surface area contributed by atoms with Crippen LogP contribution in [0.3, 0.4) is 0 Å². The van der Waals surface area contributed by atoms with Gasteiger partial charge in [0.2, 0.25) is 5.91 Å². The number of pyridine rings is 1. The number of nitrogens with zero attached hydrogens (tertiary/aromatic N) is 2. The standard InChI is InChI=1S/C23H25N3OS/c1-14(2)18-8-4-6-15(3)21(18)26-22(27)16-9-10-19-20(12-16)28-23(25-19)17-7-5-11-24-13-17/h4-8,11,13-14,16H,9-10,12H2,1-3H3,(H,26,27). The van der Waals surface area contributed by atoms with Crippen LogP contribution in [0.15, 0.2) is 42.7 Å². The number of carbonyl (C=O) groups is 1. The monoisotopic (exact) mass is 391 g/mol. The van der Waals surface area contributed by atoms with Crippen LogP contribution < -0.4 is 5.32 Å². The molecule has 144 valence electrons. The summed E-state index contributed by atoms with van der Waals surface area (Å²) in [5.41, 5.74) is 5.49. The first kappa shape index (κ1) is 18.8. The summed E-state index contributed by atoms with van der Waals surface area (Å²) < 4.78 is 0. The molecule has 0 spiro atoms. The second-order valence-corrected chi connectivity index (χ2v) is 8.84. The molecule has 1 N–H and O–H groups in total. The highest BCUT2D eigenvalue weighted by atomic mass is 32.1. The number of carbonyl (C=O) groups excluding carboxylic acids is 1. The lowest BCUT2D eigenvalue weighted by Gasteiger charge is -2.23. The Labute approximate surface area is 170 Å². The van der Waals surface area contributed by atoms with Gasteiger partial charge >= 0.3 is 0 Å². The second-order valence-electron chi connectivity index (χ2n) is 7.75. The van der Waals surface area contributed by atoms with Crippen LogP contribution in [0.2, 0.25) is 0 Å². The first-order valence-electron chi connectivity index (χ1n) is 9.82. The lowest BCUT2D eigenvalue weighted by molar-refractivity contribution is -0.120. The van der Waals surface area contributed by atoms with Crippen LogP contribution in [0, 0.1) is 12.8 Å². The number of rotatable bonds is 4. The summed E-state index contributed by atoms with van der Waals surface area (Å²) in [6.45, 7) is 6.38. The van der Waals surface area contributed by atoms with Gasteiger partial charge in [-0.1, -0.05) is 32.0 Å². The number of amides is 1. The summed E-state index contributed by atoms with van der Waals surface area (Å²) in [7, 11) is 0. The molecule has 2 heterocycles. The van der Waals surface area contributed by atoms with Crippen molar-refractivity contribution in [2.45, 2.75) is 46.0 Å². The normalized spacial score (nSPS) is 16.1. The first-order valence-corrected chi connectivity index (χ1v) is 10.6. The molecule has 1 unspecified atom stereocenters. The zero-order valence-corrected chi connectivity index (χ0v) is 17.3. The van der Waals surface area contributed by atoms with Crippen molar-refractivity contribution in [1.82, 2.24) is 9.97 Å². The molecule has 2 aromatic heterocycles. The number of benzene rings is 1. The number of hydrogen-bond acceptors (Lipinski definition) is 4. The van der Waals surface area contributed by atoms with Crippen LogP contribution in [-0.4, -0.2) is 15.9 Å². The molecule has 1 atom stereocenters. The molecule has 0 fully saturated rings. The molecule has 4 rings (SSSR count). The van der Waals surface area contributed by atoms with Crippen molar-refractivity contribution in [3.05, 3.63) is 64.4 Å². The highest BCUT2D eigenvalue weighted by Gasteiger charge is 2.28. The number of aryl methyl sites for hydroxylation is 2. The lowest BCUT2D eigenvalue weighted by Crippen LogP contribution is -2.28. The minimum atomic E-state index is -0.00526. The number of aromatic nitrogens is 2. The number of fused-ring (bicyclic) bond motifs is 1. The minimum Gasteiger partial charge on any atom is -0.325 e. The van der Waals surface area contributed by atoms with Crippen LogP contribution in [0.5, 0.6) is 0 Å². The zero-order valence-electron chi connectivity index (χ0n) is 16.5. The Bertz CT molecular complexity index is 994. The van der Waals surface area contributed by atoms with Gasteiger partial charge in [-0.05, 0) is 55.4 Å². The van der Waals surface area contributed by atoms with Gasteiger partial charge in [0, 0.05) is 34.4 Å². The molecule has 1 amide bonds. The molecular formula is C23H25N3OS. The Morgan fingerprint density at radius 2 is 2.11 bits per heavy atom. The van der Waals surface area contributed by atoms with Gasteiger partial charge in [0.25, 0.3) is 0 Å². The highest BCUT2D eigenvalue weighted by Crippen LogP contribution is 2.35. The molecule has 28 heavy (non-hydrogen) atoms. The number of para-hydroxylation sites is 1. The molecule has 3 aromatic rings. The van der Waals surface area contributed by atoms with Gasteiger partial charge in [0.1, 0.15) is 5.01 Å². The van der Waals surface area contributed by atoms with Crippen LogP contribution in [0.25, 0.3) is 10.6 Å². The predicted molar refractivity (Wildman–Crippen MR) is 115 cm³/mol. The maximum atomic E-state index is 13.0. The molecule has 1 aliphatic rings. The second kappa shape index (κ2) is 7.84. The maximum absolute atomic E-state index is 13.0. The average Bonchev–Trinajstić information content (AvgIpc) is 3.13. The van der Waals surface area contributed by atoms with Gasteiger partial charge < -0.3 is 5.32 Å². The van der Waals surface area contributed by atoms with Gasteiger partial charge in [-0.15, -0.1) is 11.3 Å². The molecule has 0 saturated heterocycles. The fourth-order valence-electron chi connectivity index (χ4n) is 3.78. The van der Waals surface area contributed by atoms with E-state index in [1.54, 1.807) is 17.5 Å². The minimum absolute atomic E-state index is 0.00526. The van der Waals surface area contributed by atoms with Crippen LogP contribution in [-0.2, 0) is 17.6 Å². The van der Waals surface area contributed by atoms with Crippen molar-refractivity contribution in [3.63, 3.8) is 0 Å². The summed E-state index contributed by atoms with van der Waals surface area (Å²) in [6.07, 6.45) is 6.09. The van der Waals surface area contributed by atoms with E-state index in [1.807, 2.05) is 18.3 Å². The molecule has 1 aromatic carbocycles. The summed E-state index contributed by atoms with van der Waals surface area (Å²) in [6, 6.07) is 10.2. The van der Waals surface area contributed by atoms with Crippen molar-refractivity contribution in [2.75, 3.05) is 5.32 Å². The Morgan fingerprint density at radius 3 is 2.86 bits per heavy atom. The molecule has 1 aliphatic carbocycles. The number of anilines is 1. The van der Waals surface area contributed by atoms with Crippen molar-refractivity contribution in [1.29, 1.82) is 0 Å². The summed E-state index contributed by atoms with van der Waals surface area (Å²) in [4.78, 5) is 23.3. The van der Waals surface area contributed by atoms with Crippen molar-refractivity contribution in [2.24, 2.45) is 5.92 Å². The van der Waals surface area contributed by atoms with Crippen LogP contribution >= 0.6 is 11.3 Å². The van der Waals surface area contributed by atoms with Gasteiger partial charge in [-0.3, -0.25) is 9.78 Å². The van der Waals surface area contributed by atoms with E-state index in [0.29, 0.717) is 5.92 Å². The average molecular weight is 392 g/mol. The molecule has 0 bridgehead atoms. The van der Waals surface area contributed by atoms with Gasteiger partial charge in [0.15, 0.2) is 0 Å². The third-order valence-corrected chi connectivity index (χ3v) is 6.56. The Kier molecular flexibility index (Phi) is 5.27. The van der Waals surface area contributed by atoms with E-state index in [4.69, 9.17) is 4.98 Å². The quantitative estimate of drug-likeness (QED) is 0.649. The highest BCUT2D eigenvalue weighted by molar-refractivity contribution is 7.15. The van der Waals surface area contributed by atoms with E-state index in [9.17, 15) is 4.79 Å². The summed E-state index contributed by atoms with van der Waals surface area (Å²) in [5, 5.41) is 4.23. The third kappa shape index (κ3) is 3.72. The van der Waals surface area contributed by atoms with Crippen molar-refractivity contribution < 1.29 is 4.79 Å². The van der Waals surface area contributed by atoms with Gasteiger partial charge in [-0.2, -0.15) is 0 Å². The molecule has 0 aliphatic heterocycles. The molecule has 0 radical (unpaired) electrons. The predicted octanol–water partition coefficient (Wildman–Crippen LogP) is 5.38. The zero-order chi connectivity index (χ0) is 19.7. The third-order valence-electron chi connectivity index (χ3n) is 5.39. The van der Waals surface area contributed by atoms with Gasteiger partial charge in [0.05, 0.1) is 5.69 Å². The molecule has 5 heteroatoms. The van der Waals surface area contributed by atoms with Crippen LogP contribution in [0.1, 0.15) is 47.9 Å². The molecule has 0 saturated carbocycles. The van der Waals surface area contributed by atoms with Crippen LogP contribution in [0.4, 0.5) is 5.69 Å². The topological polar surface area (TPSA) is 54.9 Å². The van der Waals surface area contributed by atoms with E-state index >= 15 is 0 Å². The Morgan fingerprint density at radius 1 is 1.25 bits per heavy atom. The largest absolute Gasteiger partial charge is 0.325 e. The number of nitrogens with one attached hydrogen (secondary N) is 1. The number of hydrogen-bond donors (Lipinski definition) is 1. The Balaban J connectivity index is 1.52. The number of thiazole rings is 1.